The van der Waals surface area contributed by atoms with Gasteiger partial charge in [0.2, 0.25) is 0 Å². The molecule has 3 nitrogen and oxygen atoms in total. The van der Waals surface area contributed by atoms with Crippen LogP contribution in [0.3, 0.4) is 0 Å². The molecule has 2 aliphatic rings. The average molecular weight is 170 g/mol. The summed E-state index contributed by atoms with van der Waals surface area (Å²) in [6, 6.07) is 0. The number of piperidine rings is 1. The van der Waals surface area contributed by atoms with E-state index < -0.39 is 0 Å². The first-order valence-electron chi connectivity index (χ1n) is 4.86. The fourth-order valence-corrected chi connectivity index (χ4v) is 2.64. The number of hydrogen-bond donors (Lipinski definition) is 2. The van der Waals surface area contributed by atoms with Crippen LogP contribution in [0.2, 0.25) is 0 Å². The minimum absolute atomic E-state index is 0.00175. The molecule has 1 aliphatic carbocycles. The van der Waals surface area contributed by atoms with Gasteiger partial charge in [0, 0.05) is 19.8 Å². The van der Waals surface area contributed by atoms with Crippen LogP contribution in [-0.4, -0.2) is 42.9 Å². The number of hydrogen-bond acceptors (Lipinski definition) is 3. The Bertz CT molecular complexity index is 149. The highest BCUT2D eigenvalue weighted by molar-refractivity contribution is 4.92. The highest BCUT2D eigenvalue weighted by atomic mass is 16.3. The van der Waals surface area contributed by atoms with Gasteiger partial charge in [0.15, 0.2) is 0 Å². The number of aliphatic hydroxyl groups excluding tert-OH is 1. The molecule has 0 aromatic heterocycles. The molecule has 0 aromatic rings. The number of fused-ring (bicyclic) bond motifs is 2. The summed E-state index contributed by atoms with van der Waals surface area (Å²) in [4.78, 5) is 2.41. The molecule has 0 radical (unpaired) electrons. The van der Waals surface area contributed by atoms with Gasteiger partial charge < -0.3 is 10.4 Å². The van der Waals surface area contributed by atoms with Crippen LogP contribution in [0.5, 0.6) is 0 Å². The first kappa shape index (κ1) is 8.48. The molecule has 1 aliphatic heterocycles. The minimum Gasteiger partial charge on any atom is -0.392 e. The van der Waals surface area contributed by atoms with Crippen LogP contribution in [0.25, 0.3) is 0 Å². The van der Waals surface area contributed by atoms with E-state index in [1.54, 1.807) is 0 Å². The lowest BCUT2D eigenvalue weighted by atomic mass is 9.95. The second kappa shape index (κ2) is 3.32. The molecule has 3 heteroatoms. The molecular weight excluding hydrogens is 152 g/mol. The lowest BCUT2D eigenvalue weighted by molar-refractivity contribution is 0.0149. The third kappa shape index (κ3) is 1.37. The van der Waals surface area contributed by atoms with Crippen LogP contribution in [0.1, 0.15) is 12.8 Å². The van der Waals surface area contributed by atoms with E-state index in [1.807, 2.05) is 7.05 Å². The topological polar surface area (TPSA) is 35.5 Å². The zero-order chi connectivity index (χ0) is 8.55. The van der Waals surface area contributed by atoms with Gasteiger partial charge in [-0.15, -0.1) is 0 Å². The van der Waals surface area contributed by atoms with Gasteiger partial charge in [-0.3, -0.25) is 4.90 Å². The maximum absolute atomic E-state index is 9.75. The average Bonchev–Trinajstić information content (AvgIpc) is 2.33. The van der Waals surface area contributed by atoms with Crippen molar-refractivity contribution in [1.29, 1.82) is 0 Å². The number of likely N-dealkylation sites (tertiary alicyclic amines) is 1. The zero-order valence-electron chi connectivity index (χ0n) is 7.66. The van der Waals surface area contributed by atoms with E-state index in [0.717, 1.165) is 19.8 Å². The predicted molar refractivity (Wildman–Crippen MR) is 47.7 cm³/mol. The fourth-order valence-electron chi connectivity index (χ4n) is 2.64. The molecule has 1 heterocycles. The van der Waals surface area contributed by atoms with Gasteiger partial charge in [-0.25, -0.2) is 0 Å². The van der Waals surface area contributed by atoms with Crippen LogP contribution in [0.4, 0.5) is 0 Å². The Balaban J connectivity index is 1.93. The number of rotatable bonds is 2. The maximum Gasteiger partial charge on any atom is 0.0620 e. The molecule has 2 unspecified atom stereocenters. The number of aliphatic hydroxyl groups is 1. The minimum atomic E-state index is -0.00175. The van der Waals surface area contributed by atoms with Gasteiger partial charge in [0.25, 0.3) is 0 Å². The highest BCUT2D eigenvalue weighted by Gasteiger charge is 2.40. The number of nitrogens with zero attached hydrogens (tertiary/aromatic N) is 1. The molecule has 70 valence electrons. The fraction of sp³-hybridized carbons (Fsp3) is 1.00. The predicted octanol–water partition coefficient (Wildman–Crippen LogP) is -0.134. The van der Waals surface area contributed by atoms with Gasteiger partial charge in [0.05, 0.1) is 6.10 Å². The molecule has 2 N–H and O–H groups in total. The van der Waals surface area contributed by atoms with E-state index in [2.05, 4.69) is 10.2 Å². The van der Waals surface area contributed by atoms with Crippen LogP contribution in [0, 0.1) is 11.8 Å². The van der Waals surface area contributed by atoms with Crippen LogP contribution in [-0.2, 0) is 0 Å². The Labute approximate surface area is 73.8 Å². The smallest absolute Gasteiger partial charge is 0.0620 e. The molecule has 0 amide bonds. The Kier molecular flexibility index (Phi) is 2.35. The molecule has 2 rings (SSSR count). The number of nitrogens with one attached hydrogen (secondary N) is 1. The summed E-state index contributed by atoms with van der Waals surface area (Å²) in [6.45, 7) is 3.14. The Hall–Kier alpha value is -0.120. The van der Waals surface area contributed by atoms with Gasteiger partial charge in [-0.05, 0) is 31.7 Å². The lowest BCUT2D eigenvalue weighted by Crippen LogP contribution is -2.47. The molecule has 2 atom stereocenters. The zero-order valence-corrected chi connectivity index (χ0v) is 7.66. The summed E-state index contributed by atoms with van der Waals surface area (Å²) in [5.41, 5.74) is 0. The third-order valence-corrected chi connectivity index (χ3v) is 3.24. The summed E-state index contributed by atoms with van der Waals surface area (Å²) in [5, 5.41) is 12.9. The van der Waals surface area contributed by atoms with Crippen molar-refractivity contribution in [2.24, 2.45) is 11.8 Å². The van der Waals surface area contributed by atoms with Gasteiger partial charge in [-0.2, -0.15) is 0 Å². The quantitative estimate of drug-likeness (QED) is 0.606. The molecule has 2 bridgehead atoms. The summed E-state index contributed by atoms with van der Waals surface area (Å²) < 4.78 is 0. The Morgan fingerprint density at radius 1 is 1.33 bits per heavy atom. The van der Waals surface area contributed by atoms with E-state index in [1.165, 1.54) is 12.8 Å². The largest absolute Gasteiger partial charge is 0.392 e. The second-order valence-corrected chi connectivity index (χ2v) is 4.14. The molecule has 0 spiro atoms. The Morgan fingerprint density at radius 3 is 2.42 bits per heavy atom. The standard InChI is InChI=1S/C9H18N2O/c1-10-6-11-4-7-2-3-8(5-11)9(7)12/h7-10,12H,2-6H2,1H3. The van der Waals surface area contributed by atoms with Crippen molar-refractivity contribution in [3.63, 3.8) is 0 Å². The van der Waals surface area contributed by atoms with Crippen molar-refractivity contribution in [2.75, 3.05) is 26.8 Å². The molecule has 2 fully saturated rings. The molecular formula is C9H18N2O. The van der Waals surface area contributed by atoms with Crippen molar-refractivity contribution < 1.29 is 5.11 Å². The van der Waals surface area contributed by atoms with E-state index in [0.29, 0.717) is 11.8 Å². The highest BCUT2D eigenvalue weighted by Crippen LogP contribution is 2.36. The normalized spacial score (nSPS) is 42.0. The SMILES string of the molecule is CNCN1CC2CCC(C1)C2O. The van der Waals surface area contributed by atoms with Gasteiger partial charge in [0.1, 0.15) is 0 Å². The van der Waals surface area contributed by atoms with Gasteiger partial charge in [-0.1, -0.05) is 0 Å². The molecule has 0 aromatic carbocycles. The van der Waals surface area contributed by atoms with Crippen LogP contribution < -0.4 is 5.32 Å². The maximum atomic E-state index is 9.75. The van der Waals surface area contributed by atoms with E-state index >= 15 is 0 Å². The summed E-state index contributed by atoms with van der Waals surface area (Å²) >= 11 is 0. The third-order valence-electron chi connectivity index (χ3n) is 3.24. The van der Waals surface area contributed by atoms with Crippen molar-refractivity contribution in [2.45, 2.75) is 18.9 Å². The summed E-state index contributed by atoms with van der Waals surface area (Å²) in [5.74, 6) is 1.11. The Morgan fingerprint density at radius 2 is 1.92 bits per heavy atom. The second-order valence-electron chi connectivity index (χ2n) is 4.14. The van der Waals surface area contributed by atoms with Crippen molar-refractivity contribution in [1.82, 2.24) is 10.2 Å². The van der Waals surface area contributed by atoms with Crippen LogP contribution >= 0.6 is 0 Å². The molecule has 1 saturated heterocycles. The first-order valence-corrected chi connectivity index (χ1v) is 4.86. The molecule has 1 saturated carbocycles. The first-order chi connectivity index (χ1) is 5.81. The monoisotopic (exact) mass is 170 g/mol. The van der Waals surface area contributed by atoms with E-state index in [-0.39, 0.29) is 6.10 Å². The lowest BCUT2D eigenvalue weighted by Gasteiger charge is -2.35. The summed E-state index contributed by atoms with van der Waals surface area (Å²) in [7, 11) is 1.98. The van der Waals surface area contributed by atoms with Gasteiger partial charge >= 0.3 is 0 Å². The summed E-state index contributed by atoms with van der Waals surface area (Å²) in [6.07, 6.45) is 2.45. The van der Waals surface area contributed by atoms with E-state index in [9.17, 15) is 5.11 Å². The van der Waals surface area contributed by atoms with Crippen molar-refractivity contribution in [3.8, 4) is 0 Å². The molecule has 12 heavy (non-hydrogen) atoms. The van der Waals surface area contributed by atoms with Crippen molar-refractivity contribution in [3.05, 3.63) is 0 Å². The van der Waals surface area contributed by atoms with Crippen molar-refractivity contribution >= 4 is 0 Å². The van der Waals surface area contributed by atoms with E-state index in [4.69, 9.17) is 0 Å². The van der Waals surface area contributed by atoms with Crippen LogP contribution in [0.15, 0.2) is 0 Å².